The first kappa shape index (κ1) is 11.3. The third-order valence-corrected chi connectivity index (χ3v) is 4.39. The minimum absolute atomic E-state index is 0.901. The summed E-state index contributed by atoms with van der Waals surface area (Å²) in [6, 6.07) is 11.8. The van der Waals surface area contributed by atoms with E-state index in [4.69, 9.17) is 0 Å². The summed E-state index contributed by atoms with van der Waals surface area (Å²) in [6.45, 7) is 2.50. The standard InChI is InChI=1S/C16H23N/c1-3-7-14(8-4-1)11-16-13-17(16)12-15-9-5-2-6-10-15/h2,5-6,9-10,14,16H,1,3-4,7-8,11-13H2/t16-,17?/m1/s1. The molecule has 1 heteroatoms. The molecule has 17 heavy (non-hydrogen) atoms. The van der Waals surface area contributed by atoms with Crippen molar-refractivity contribution in [3.8, 4) is 0 Å². The van der Waals surface area contributed by atoms with E-state index in [0.717, 1.165) is 18.5 Å². The Bertz CT molecular complexity index is 340. The van der Waals surface area contributed by atoms with E-state index < -0.39 is 0 Å². The lowest BCUT2D eigenvalue weighted by molar-refractivity contribution is 0.319. The summed E-state index contributed by atoms with van der Waals surface area (Å²) in [5.41, 5.74) is 1.47. The van der Waals surface area contributed by atoms with Crippen LogP contribution in [-0.4, -0.2) is 17.5 Å². The minimum atomic E-state index is 0.901. The average molecular weight is 229 g/mol. The maximum atomic E-state index is 2.63. The topological polar surface area (TPSA) is 3.01 Å². The number of hydrogen-bond donors (Lipinski definition) is 0. The lowest BCUT2D eigenvalue weighted by atomic mass is 9.86. The van der Waals surface area contributed by atoms with Crippen molar-refractivity contribution in [2.45, 2.75) is 51.1 Å². The van der Waals surface area contributed by atoms with Gasteiger partial charge in [0, 0.05) is 19.1 Å². The van der Waals surface area contributed by atoms with E-state index in [2.05, 4.69) is 35.2 Å². The molecule has 1 aliphatic carbocycles. The second-order valence-electron chi connectivity index (χ2n) is 5.81. The predicted molar refractivity (Wildman–Crippen MR) is 71.8 cm³/mol. The Balaban J connectivity index is 1.44. The lowest BCUT2D eigenvalue weighted by Crippen LogP contribution is -2.11. The summed E-state index contributed by atoms with van der Waals surface area (Å²) in [7, 11) is 0. The zero-order valence-electron chi connectivity index (χ0n) is 10.6. The second kappa shape index (κ2) is 5.22. The number of hydrogen-bond acceptors (Lipinski definition) is 1. The van der Waals surface area contributed by atoms with Gasteiger partial charge >= 0.3 is 0 Å². The van der Waals surface area contributed by atoms with Crippen LogP contribution in [0, 0.1) is 5.92 Å². The highest BCUT2D eigenvalue weighted by molar-refractivity contribution is 5.15. The Morgan fingerprint density at radius 2 is 1.76 bits per heavy atom. The van der Waals surface area contributed by atoms with E-state index in [1.165, 1.54) is 50.6 Å². The fraction of sp³-hybridized carbons (Fsp3) is 0.625. The van der Waals surface area contributed by atoms with Crippen molar-refractivity contribution < 1.29 is 0 Å². The normalized spacial score (nSPS) is 29.2. The summed E-state index contributed by atoms with van der Waals surface area (Å²) >= 11 is 0. The van der Waals surface area contributed by atoms with Crippen molar-refractivity contribution in [3.63, 3.8) is 0 Å². The molecule has 2 aliphatic rings. The van der Waals surface area contributed by atoms with Gasteiger partial charge in [0.25, 0.3) is 0 Å². The monoisotopic (exact) mass is 229 g/mol. The van der Waals surface area contributed by atoms with Crippen molar-refractivity contribution in [2.24, 2.45) is 5.92 Å². The Morgan fingerprint density at radius 3 is 2.53 bits per heavy atom. The highest BCUT2D eigenvalue weighted by atomic mass is 15.3. The number of benzene rings is 1. The van der Waals surface area contributed by atoms with Crippen molar-refractivity contribution in [1.29, 1.82) is 0 Å². The van der Waals surface area contributed by atoms with E-state index in [1.54, 1.807) is 0 Å². The molecule has 2 atom stereocenters. The van der Waals surface area contributed by atoms with Crippen LogP contribution in [0.2, 0.25) is 0 Å². The first-order chi connectivity index (χ1) is 8.42. The molecule has 0 spiro atoms. The molecule has 1 nitrogen and oxygen atoms in total. The summed E-state index contributed by atoms with van der Waals surface area (Å²) in [5.74, 6) is 1.04. The Morgan fingerprint density at radius 1 is 1.00 bits per heavy atom. The van der Waals surface area contributed by atoms with E-state index in [0.29, 0.717) is 0 Å². The van der Waals surface area contributed by atoms with Gasteiger partial charge in [0.05, 0.1) is 0 Å². The molecule has 1 aliphatic heterocycles. The van der Waals surface area contributed by atoms with Gasteiger partial charge in [-0.05, 0) is 17.9 Å². The van der Waals surface area contributed by atoms with Gasteiger partial charge in [-0.2, -0.15) is 0 Å². The van der Waals surface area contributed by atoms with Gasteiger partial charge in [-0.25, -0.2) is 0 Å². The molecule has 1 saturated heterocycles. The first-order valence-corrected chi connectivity index (χ1v) is 7.20. The van der Waals surface area contributed by atoms with Crippen LogP contribution < -0.4 is 0 Å². The zero-order chi connectivity index (χ0) is 11.5. The molecule has 0 radical (unpaired) electrons. The molecule has 1 aromatic rings. The number of nitrogens with zero attached hydrogens (tertiary/aromatic N) is 1. The molecule has 1 heterocycles. The van der Waals surface area contributed by atoms with E-state index in [1.807, 2.05) is 0 Å². The predicted octanol–water partition coefficient (Wildman–Crippen LogP) is 3.84. The van der Waals surface area contributed by atoms with Crippen LogP contribution >= 0.6 is 0 Å². The van der Waals surface area contributed by atoms with Crippen LogP contribution in [0.1, 0.15) is 44.1 Å². The van der Waals surface area contributed by atoms with Crippen molar-refractivity contribution in [1.82, 2.24) is 4.90 Å². The molecule has 1 aromatic carbocycles. The van der Waals surface area contributed by atoms with Crippen molar-refractivity contribution >= 4 is 0 Å². The van der Waals surface area contributed by atoms with Gasteiger partial charge in [-0.15, -0.1) is 0 Å². The molecular formula is C16H23N. The molecule has 2 fully saturated rings. The van der Waals surface area contributed by atoms with Crippen LogP contribution in [0.4, 0.5) is 0 Å². The van der Waals surface area contributed by atoms with E-state index in [-0.39, 0.29) is 0 Å². The summed E-state index contributed by atoms with van der Waals surface area (Å²) < 4.78 is 0. The molecule has 0 N–H and O–H groups in total. The summed E-state index contributed by atoms with van der Waals surface area (Å²) in [6.07, 6.45) is 8.90. The molecular weight excluding hydrogens is 206 g/mol. The molecule has 0 aromatic heterocycles. The minimum Gasteiger partial charge on any atom is -0.293 e. The Kier molecular flexibility index (Phi) is 3.46. The largest absolute Gasteiger partial charge is 0.293 e. The second-order valence-corrected chi connectivity index (χ2v) is 5.81. The fourth-order valence-corrected chi connectivity index (χ4v) is 3.27. The van der Waals surface area contributed by atoms with Crippen LogP contribution in [0.25, 0.3) is 0 Å². The van der Waals surface area contributed by atoms with Gasteiger partial charge in [0.15, 0.2) is 0 Å². The van der Waals surface area contributed by atoms with Crippen LogP contribution in [-0.2, 0) is 6.54 Å². The average Bonchev–Trinajstić information content (AvgIpc) is 3.10. The Hall–Kier alpha value is -0.820. The van der Waals surface area contributed by atoms with Crippen LogP contribution in [0.5, 0.6) is 0 Å². The third kappa shape index (κ3) is 3.10. The van der Waals surface area contributed by atoms with Gasteiger partial charge in [-0.1, -0.05) is 62.4 Å². The fourth-order valence-electron chi connectivity index (χ4n) is 3.27. The maximum absolute atomic E-state index is 2.63. The smallest absolute Gasteiger partial charge is 0.0237 e. The van der Waals surface area contributed by atoms with Crippen LogP contribution in [0.15, 0.2) is 30.3 Å². The molecule has 1 saturated carbocycles. The van der Waals surface area contributed by atoms with E-state index in [9.17, 15) is 0 Å². The van der Waals surface area contributed by atoms with Gasteiger partial charge in [0.2, 0.25) is 0 Å². The summed E-state index contributed by atoms with van der Waals surface area (Å²) in [4.78, 5) is 2.63. The molecule has 1 unspecified atom stereocenters. The highest BCUT2D eigenvalue weighted by Crippen LogP contribution is 2.33. The molecule has 3 rings (SSSR count). The molecule has 0 bridgehead atoms. The molecule has 92 valence electrons. The third-order valence-electron chi connectivity index (χ3n) is 4.39. The van der Waals surface area contributed by atoms with Gasteiger partial charge in [-0.3, -0.25) is 4.90 Å². The van der Waals surface area contributed by atoms with E-state index >= 15 is 0 Å². The first-order valence-electron chi connectivity index (χ1n) is 7.20. The van der Waals surface area contributed by atoms with Gasteiger partial charge < -0.3 is 0 Å². The summed E-state index contributed by atoms with van der Waals surface area (Å²) in [5, 5.41) is 0. The quantitative estimate of drug-likeness (QED) is 0.709. The SMILES string of the molecule is c1ccc(CN2C[C@H]2CC2CCCCC2)cc1. The van der Waals surface area contributed by atoms with Crippen molar-refractivity contribution in [2.75, 3.05) is 6.54 Å². The number of rotatable bonds is 4. The highest BCUT2D eigenvalue weighted by Gasteiger charge is 2.35. The zero-order valence-corrected chi connectivity index (χ0v) is 10.6. The van der Waals surface area contributed by atoms with Gasteiger partial charge in [0.1, 0.15) is 0 Å². The lowest BCUT2D eigenvalue weighted by Gasteiger charge is -2.21. The molecule has 0 amide bonds. The Labute approximate surface area is 105 Å². The maximum Gasteiger partial charge on any atom is 0.0237 e. The van der Waals surface area contributed by atoms with Crippen molar-refractivity contribution in [3.05, 3.63) is 35.9 Å². The van der Waals surface area contributed by atoms with Crippen LogP contribution in [0.3, 0.4) is 0 Å².